The Kier molecular flexibility index (Phi) is 1.60. The van der Waals surface area contributed by atoms with E-state index in [1.807, 2.05) is 0 Å². The van der Waals surface area contributed by atoms with Crippen molar-refractivity contribution < 1.29 is 14.3 Å². The van der Waals surface area contributed by atoms with Crippen molar-refractivity contribution in [1.29, 1.82) is 0 Å². The van der Waals surface area contributed by atoms with Gasteiger partial charge in [-0.15, -0.1) is 0 Å². The first-order valence-corrected chi connectivity index (χ1v) is 2.72. The quantitative estimate of drug-likeness (QED) is 0.260. The van der Waals surface area contributed by atoms with Crippen molar-refractivity contribution in [3.05, 3.63) is 5.53 Å². The lowest BCUT2D eigenvalue weighted by Crippen LogP contribution is -2.24. The molecule has 1 rings (SSSR count). The smallest absolute Gasteiger partial charge is 0.416 e. The van der Waals surface area contributed by atoms with E-state index in [0.29, 0.717) is 13.0 Å². The molecule has 4 heteroatoms. The third-order valence-electron chi connectivity index (χ3n) is 1.15. The molecule has 0 amide bonds. The van der Waals surface area contributed by atoms with Crippen molar-refractivity contribution in [3.63, 3.8) is 0 Å². The Morgan fingerprint density at radius 3 is 2.89 bits per heavy atom. The third-order valence-corrected chi connectivity index (χ3v) is 1.15. The van der Waals surface area contributed by atoms with Gasteiger partial charge in [-0.3, -0.25) is 0 Å². The summed E-state index contributed by atoms with van der Waals surface area (Å²) in [7, 11) is 0. The fraction of sp³-hybridized carbons (Fsp3) is 0.600. The van der Waals surface area contributed by atoms with Crippen LogP contribution in [-0.4, -0.2) is 23.1 Å². The van der Waals surface area contributed by atoms with Gasteiger partial charge in [0.15, 0.2) is 0 Å². The molecule has 0 saturated carbocycles. The largest absolute Gasteiger partial charge is 0.457 e. The van der Waals surface area contributed by atoms with Crippen LogP contribution in [0.1, 0.15) is 12.8 Å². The first-order chi connectivity index (χ1) is 4.34. The van der Waals surface area contributed by atoms with Gasteiger partial charge in [0.2, 0.25) is 0 Å². The van der Waals surface area contributed by atoms with Gasteiger partial charge in [0.05, 0.1) is 13.0 Å². The summed E-state index contributed by atoms with van der Waals surface area (Å²) in [5.74, 6) is -0.497. The highest BCUT2D eigenvalue weighted by molar-refractivity contribution is 6.34. The number of hydrogen-bond donors (Lipinski definition) is 0. The highest BCUT2D eigenvalue weighted by atomic mass is 16.5. The SMILES string of the molecule is [N-]=[N+]=C1CCCOC1=O. The topological polar surface area (TPSA) is 62.7 Å². The molecule has 0 aromatic carbocycles. The van der Waals surface area contributed by atoms with Crippen LogP contribution < -0.4 is 0 Å². The molecule has 0 bridgehead atoms. The summed E-state index contributed by atoms with van der Waals surface area (Å²) in [6.07, 6.45) is 1.28. The van der Waals surface area contributed by atoms with Crippen LogP contribution in [0.3, 0.4) is 0 Å². The maximum Gasteiger partial charge on any atom is 0.416 e. The minimum atomic E-state index is -0.497. The number of carbonyl (C=O) groups is 1. The van der Waals surface area contributed by atoms with Crippen molar-refractivity contribution in [2.24, 2.45) is 0 Å². The fourth-order valence-corrected chi connectivity index (χ4v) is 0.681. The maximum absolute atomic E-state index is 10.5. The Balaban J connectivity index is 2.71. The van der Waals surface area contributed by atoms with E-state index >= 15 is 0 Å². The van der Waals surface area contributed by atoms with Crippen molar-refractivity contribution in [2.45, 2.75) is 12.8 Å². The fourth-order valence-electron chi connectivity index (χ4n) is 0.681. The Hall–Kier alpha value is -1.15. The predicted molar refractivity (Wildman–Crippen MR) is 28.8 cm³/mol. The monoisotopic (exact) mass is 126 g/mol. The zero-order valence-electron chi connectivity index (χ0n) is 4.83. The molecule has 4 nitrogen and oxygen atoms in total. The number of hydrogen-bond acceptors (Lipinski definition) is 2. The maximum atomic E-state index is 10.5. The molecule has 0 spiro atoms. The van der Waals surface area contributed by atoms with Crippen molar-refractivity contribution in [3.8, 4) is 0 Å². The molecule has 1 fully saturated rings. The van der Waals surface area contributed by atoms with E-state index in [2.05, 4.69) is 9.53 Å². The first kappa shape index (κ1) is 5.98. The third kappa shape index (κ3) is 1.15. The van der Waals surface area contributed by atoms with E-state index in [9.17, 15) is 4.79 Å². The molecule has 0 unspecified atom stereocenters. The molecule has 1 aliphatic heterocycles. The standard InChI is InChI=1S/C5H6N2O2/c6-7-4-2-1-3-9-5(4)8/h1-3H2. The van der Waals surface area contributed by atoms with Crippen molar-refractivity contribution in [2.75, 3.05) is 6.61 Å². The number of cyclic esters (lactones) is 1. The molecular weight excluding hydrogens is 120 g/mol. The lowest BCUT2D eigenvalue weighted by atomic mass is 10.2. The van der Waals surface area contributed by atoms with Gasteiger partial charge in [-0.2, -0.15) is 4.79 Å². The summed E-state index contributed by atoms with van der Waals surface area (Å²) in [5, 5.41) is 0. The molecule has 0 radical (unpaired) electrons. The number of ether oxygens (including phenoxy) is 1. The van der Waals surface area contributed by atoms with Crippen LogP contribution in [0.25, 0.3) is 5.53 Å². The number of esters is 1. The van der Waals surface area contributed by atoms with Crippen LogP contribution in [-0.2, 0) is 9.53 Å². The first-order valence-electron chi connectivity index (χ1n) is 2.72. The Labute approximate surface area is 52.1 Å². The Morgan fingerprint density at radius 2 is 2.44 bits per heavy atom. The molecule has 0 aromatic heterocycles. The summed E-state index contributed by atoms with van der Waals surface area (Å²) < 4.78 is 4.55. The Morgan fingerprint density at radius 1 is 1.67 bits per heavy atom. The highest BCUT2D eigenvalue weighted by Gasteiger charge is 2.25. The van der Waals surface area contributed by atoms with Crippen LogP contribution in [0.4, 0.5) is 0 Å². The second-order valence-corrected chi connectivity index (χ2v) is 1.79. The number of rotatable bonds is 0. The molecule has 0 N–H and O–H groups in total. The summed E-state index contributed by atoms with van der Waals surface area (Å²) in [6.45, 7) is 0.442. The molecule has 1 saturated heterocycles. The van der Waals surface area contributed by atoms with E-state index in [0.717, 1.165) is 6.42 Å². The zero-order chi connectivity index (χ0) is 6.69. The van der Waals surface area contributed by atoms with E-state index in [1.54, 1.807) is 0 Å². The average Bonchev–Trinajstić information content (AvgIpc) is 1.89. The predicted octanol–water partition coefficient (Wildman–Crippen LogP) is -0.00580. The van der Waals surface area contributed by atoms with E-state index in [4.69, 9.17) is 5.53 Å². The number of carbonyl (C=O) groups excluding carboxylic acids is 1. The molecule has 1 heterocycles. The van der Waals surface area contributed by atoms with Crippen LogP contribution in [0.5, 0.6) is 0 Å². The van der Waals surface area contributed by atoms with Gasteiger partial charge >= 0.3 is 11.7 Å². The van der Waals surface area contributed by atoms with Crippen LogP contribution in [0, 0.1) is 0 Å². The van der Waals surface area contributed by atoms with Crippen molar-refractivity contribution in [1.82, 2.24) is 0 Å². The summed E-state index contributed by atoms with van der Waals surface area (Å²) in [6, 6.07) is 0. The molecule has 9 heavy (non-hydrogen) atoms. The molecule has 0 atom stereocenters. The van der Waals surface area contributed by atoms with Crippen LogP contribution >= 0.6 is 0 Å². The summed E-state index contributed by atoms with van der Waals surface area (Å²) in [5.41, 5.74) is 8.27. The van der Waals surface area contributed by atoms with Gasteiger partial charge in [-0.1, -0.05) is 0 Å². The van der Waals surface area contributed by atoms with Gasteiger partial charge in [0.1, 0.15) is 0 Å². The van der Waals surface area contributed by atoms with Crippen molar-refractivity contribution >= 4 is 11.7 Å². The molecule has 48 valence electrons. The van der Waals surface area contributed by atoms with Gasteiger partial charge in [-0.25, -0.2) is 4.79 Å². The summed E-state index contributed by atoms with van der Waals surface area (Å²) in [4.78, 5) is 13.3. The zero-order valence-corrected chi connectivity index (χ0v) is 4.83. The molecule has 0 aromatic rings. The normalized spacial score (nSPS) is 18.7. The highest BCUT2D eigenvalue weighted by Crippen LogP contribution is 2.00. The van der Waals surface area contributed by atoms with Crippen LogP contribution in [0.15, 0.2) is 0 Å². The van der Waals surface area contributed by atoms with Crippen LogP contribution in [0.2, 0.25) is 0 Å². The van der Waals surface area contributed by atoms with Gasteiger partial charge < -0.3 is 10.3 Å². The second-order valence-electron chi connectivity index (χ2n) is 1.79. The minimum absolute atomic E-state index is 0.126. The minimum Gasteiger partial charge on any atom is -0.457 e. The lowest BCUT2D eigenvalue weighted by Gasteiger charge is -2.04. The number of nitrogens with zero attached hydrogens (tertiary/aromatic N) is 2. The lowest BCUT2D eigenvalue weighted by molar-refractivity contribution is -0.142. The molecular formula is C5H6N2O2. The second kappa shape index (κ2) is 2.42. The van der Waals surface area contributed by atoms with Gasteiger partial charge in [-0.05, 0) is 6.42 Å². The average molecular weight is 126 g/mol. The van der Waals surface area contributed by atoms with E-state index in [1.165, 1.54) is 0 Å². The van der Waals surface area contributed by atoms with Gasteiger partial charge in [0.25, 0.3) is 0 Å². The summed E-state index contributed by atoms with van der Waals surface area (Å²) >= 11 is 0. The van der Waals surface area contributed by atoms with Gasteiger partial charge in [0, 0.05) is 0 Å². The molecule has 1 aliphatic rings. The Bertz CT molecular complexity index is 181. The van der Waals surface area contributed by atoms with E-state index in [-0.39, 0.29) is 5.71 Å². The molecule has 0 aliphatic carbocycles. The van der Waals surface area contributed by atoms with E-state index < -0.39 is 5.97 Å².